The van der Waals surface area contributed by atoms with Crippen molar-refractivity contribution in [3.8, 4) is 0 Å². The van der Waals surface area contributed by atoms with Gasteiger partial charge in [0.25, 0.3) is 0 Å². The molecule has 0 fully saturated rings. The van der Waals surface area contributed by atoms with Crippen molar-refractivity contribution in [3.05, 3.63) is 35.6 Å². The molecule has 1 atom stereocenters. The van der Waals surface area contributed by atoms with Crippen molar-refractivity contribution in [1.29, 1.82) is 0 Å². The lowest BCUT2D eigenvalue weighted by molar-refractivity contribution is 0.248. The average molecular weight is 219 g/mol. The molecular formula is C13H17NO2. The van der Waals surface area contributed by atoms with E-state index in [0.717, 1.165) is 16.7 Å². The summed E-state index contributed by atoms with van der Waals surface area (Å²) >= 11 is 0. The Morgan fingerprint density at radius 2 is 2.19 bits per heavy atom. The number of furan rings is 1. The molecule has 0 saturated carbocycles. The van der Waals surface area contributed by atoms with Crippen LogP contribution in [0, 0.1) is 6.92 Å². The van der Waals surface area contributed by atoms with E-state index in [1.807, 2.05) is 25.1 Å². The third-order valence-electron chi connectivity index (χ3n) is 2.62. The molecule has 0 radical (unpaired) electrons. The number of hydrogen-bond donors (Lipinski definition) is 2. The molecule has 0 bridgehead atoms. The zero-order chi connectivity index (χ0) is 11.5. The third-order valence-corrected chi connectivity index (χ3v) is 2.62. The van der Waals surface area contributed by atoms with Crippen LogP contribution in [0.1, 0.15) is 18.2 Å². The number of benzene rings is 1. The van der Waals surface area contributed by atoms with Crippen LogP contribution in [0.3, 0.4) is 0 Å². The number of fused-ring (bicyclic) bond motifs is 1. The zero-order valence-electron chi connectivity index (χ0n) is 9.66. The van der Waals surface area contributed by atoms with Crippen LogP contribution in [0.5, 0.6) is 0 Å². The molecule has 1 aromatic carbocycles. The molecule has 2 rings (SSSR count). The predicted molar refractivity (Wildman–Crippen MR) is 64.3 cm³/mol. The molecule has 0 aliphatic rings. The van der Waals surface area contributed by atoms with E-state index in [4.69, 9.17) is 9.52 Å². The molecule has 16 heavy (non-hydrogen) atoms. The summed E-state index contributed by atoms with van der Waals surface area (Å²) in [6.07, 6.45) is 0. The van der Waals surface area contributed by atoms with Crippen LogP contribution in [0.25, 0.3) is 11.0 Å². The normalized spacial score (nSPS) is 13.2. The van der Waals surface area contributed by atoms with Gasteiger partial charge in [-0.05, 0) is 32.0 Å². The first-order chi connectivity index (χ1) is 7.69. The van der Waals surface area contributed by atoms with Crippen molar-refractivity contribution in [3.63, 3.8) is 0 Å². The fraction of sp³-hybridized carbons (Fsp3) is 0.385. The number of nitrogens with one attached hydrogen (secondary N) is 1. The molecule has 1 aromatic heterocycles. The van der Waals surface area contributed by atoms with Gasteiger partial charge in [-0.25, -0.2) is 0 Å². The second-order valence-corrected chi connectivity index (χ2v) is 4.22. The van der Waals surface area contributed by atoms with E-state index in [0.29, 0.717) is 6.54 Å². The highest BCUT2D eigenvalue weighted by Crippen LogP contribution is 2.20. The first-order valence-electron chi connectivity index (χ1n) is 5.52. The minimum absolute atomic E-state index is 0.0925. The lowest BCUT2D eigenvalue weighted by Gasteiger charge is -2.07. The summed E-state index contributed by atoms with van der Waals surface area (Å²) in [4.78, 5) is 0. The molecule has 3 heteroatoms. The maximum atomic E-state index is 8.90. The topological polar surface area (TPSA) is 45.4 Å². The Hall–Kier alpha value is -1.32. The number of aliphatic hydroxyl groups excluding tert-OH is 1. The SMILES string of the molecule is Cc1ccc2oc(CNC(C)CO)cc2c1. The van der Waals surface area contributed by atoms with Gasteiger partial charge in [0.2, 0.25) is 0 Å². The lowest BCUT2D eigenvalue weighted by atomic mass is 10.2. The molecule has 0 saturated heterocycles. The van der Waals surface area contributed by atoms with Gasteiger partial charge in [-0.3, -0.25) is 0 Å². The average Bonchev–Trinajstić information content (AvgIpc) is 2.67. The van der Waals surface area contributed by atoms with Crippen molar-refractivity contribution < 1.29 is 9.52 Å². The quantitative estimate of drug-likeness (QED) is 0.828. The monoisotopic (exact) mass is 219 g/mol. The molecule has 0 spiro atoms. The maximum absolute atomic E-state index is 8.90. The van der Waals surface area contributed by atoms with Crippen LogP contribution in [0.15, 0.2) is 28.7 Å². The molecule has 1 heterocycles. The van der Waals surface area contributed by atoms with Crippen LogP contribution >= 0.6 is 0 Å². The molecule has 1 unspecified atom stereocenters. The number of aryl methyl sites for hydroxylation is 1. The van der Waals surface area contributed by atoms with Gasteiger partial charge in [-0.15, -0.1) is 0 Å². The van der Waals surface area contributed by atoms with E-state index in [-0.39, 0.29) is 12.6 Å². The van der Waals surface area contributed by atoms with Crippen LogP contribution < -0.4 is 5.32 Å². The summed E-state index contributed by atoms with van der Waals surface area (Å²) in [5, 5.41) is 13.2. The predicted octanol–water partition coefficient (Wildman–Crippen LogP) is 2.21. The van der Waals surface area contributed by atoms with E-state index in [1.165, 1.54) is 5.56 Å². The van der Waals surface area contributed by atoms with E-state index < -0.39 is 0 Å². The minimum atomic E-state index is 0.0925. The summed E-state index contributed by atoms with van der Waals surface area (Å²) in [5.41, 5.74) is 2.15. The third kappa shape index (κ3) is 2.43. The summed E-state index contributed by atoms with van der Waals surface area (Å²) in [6, 6.07) is 8.27. The first kappa shape index (κ1) is 11.2. The smallest absolute Gasteiger partial charge is 0.134 e. The Morgan fingerprint density at radius 1 is 1.38 bits per heavy atom. The maximum Gasteiger partial charge on any atom is 0.134 e. The van der Waals surface area contributed by atoms with Gasteiger partial charge in [-0.1, -0.05) is 11.6 Å². The van der Waals surface area contributed by atoms with Crippen molar-refractivity contribution in [2.45, 2.75) is 26.4 Å². The zero-order valence-corrected chi connectivity index (χ0v) is 9.66. The standard InChI is InChI=1S/C13H17NO2/c1-9-3-4-13-11(5-9)6-12(16-13)7-14-10(2)8-15/h3-6,10,14-15H,7-8H2,1-2H3. The van der Waals surface area contributed by atoms with Gasteiger partial charge in [0, 0.05) is 11.4 Å². The van der Waals surface area contributed by atoms with Crippen LogP contribution in [-0.4, -0.2) is 17.8 Å². The van der Waals surface area contributed by atoms with Crippen LogP contribution in [0.2, 0.25) is 0 Å². The van der Waals surface area contributed by atoms with Crippen molar-refractivity contribution in [2.75, 3.05) is 6.61 Å². The summed E-state index contributed by atoms with van der Waals surface area (Å²) in [7, 11) is 0. The fourth-order valence-corrected chi connectivity index (χ4v) is 1.64. The van der Waals surface area contributed by atoms with E-state index in [2.05, 4.69) is 18.3 Å². The highest BCUT2D eigenvalue weighted by atomic mass is 16.3. The number of rotatable bonds is 4. The summed E-state index contributed by atoms with van der Waals surface area (Å²) < 4.78 is 5.67. The van der Waals surface area contributed by atoms with Gasteiger partial charge in [0.15, 0.2) is 0 Å². The van der Waals surface area contributed by atoms with Crippen molar-refractivity contribution in [1.82, 2.24) is 5.32 Å². The van der Waals surface area contributed by atoms with E-state index >= 15 is 0 Å². The Labute approximate surface area is 95.1 Å². The Kier molecular flexibility index (Phi) is 3.27. The molecule has 2 aromatic rings. The van der Waals surface area contributed by atoms with Gasteiger partial charge in [0.05, 0.1) is 13.2 Å². The van der Waals surface area contributed by atoms with E-state index in [9.17, 15) is 0 Å². The van der Waals surface area contributed by atoms with Gasteiger partial charge in [0.1, 0.15) is 11.3 Å². The first-order valence-corrected chi connectivity index (χ1v) is 5.52. The molecule has 3 nitrogen and oxygen atoms in total. The molecule has 0 aliphatic heterocycles. The van der Waals surface area contributed by atoms with Crippen LogP contribution in [0.4, 0.5) is 0 Å². The Morgan fingerprint density at radius 3 is 2.94 bits per heavy atom. The summed E-state index contributed by atoms with van der Waals surface area (Å²) in [5.74, 6) is 0.904. The second kappa shape index (κ2) is 4.68. The fourth-order valence-electron chi connectivity index (χ4n) is 1.64. The van der Waals surface area contributed by atoms with E-state index in [1.54, 1.807) is 0 Å². The highest BCUT2D eigenvalue weighted by Gasteiger charge is 2.05. The Balaban J connectivity index is 2.13. The largest absolute Gasteiger partial charge is 0.460 e. The van der Waals surface area contributed by atoms with Crippen molar-refractivity contribution >= 4 is 11.0 Å². The second-order valence-electron chi connectivity index (χ2n) is 4.22. The summed E-state index contributed by atoms with van der Waals surface area (Å²) in [6.45, 7) is 4.79. The molecule has 86 valence electrons. The van der Waals surface area contributed by atoms with Gasteiger partial charge < -0.3 is 14.8 Å². The molecule has 0 aliphatic carbocycles. The number of aliphatic hydroxyl groups is 1. The minimum Gasteiger partial charge on any atom is -0.460 e. The van der Waals surface area contributed by atoms with Crippen LogP contribution in [-0.2, 0) is 6.54 Å². The number of hydrogen-bond acceptors (Lipinski definition) is 3. The molecule has 0 amide bonds. The highest BCUT2D eigenvalue weighted by molar-refractivity contribution is 5.78. The Bertz CT molecular complexity index is 476. The van der Waals surface area contributed by atoms with Gasteiger partial charge in [-0.2, -0.15) is 0 Å². The molecular weight excluding hydrogens is 202 g/mol. The lowest BCUT2D eigenvalue weighted by Crippen LogP contribution is -2.28. The van der Waals surface area contributed by atoms with Crippen molar-refractivity contribution in [2.24, 2.45) is 0 Å². The van der Waals surface area contributed by atoms with Gasteiger partial charge >= 0.3 is 0 Å². The molecule has 2 N–H and O–H groups in total.